The van der Waals surface area contributed by atoms with Crippen molar-refractivity contribution in [1.29, 1.82) is 0 Å². The van der Waals surface area contributed by atoms with Crippen molar-refractivity contribution < 1.29 is 17.9 Å². The molecule has 3 N–H and O–H groups in total. The second-order valence-corrected chi connectivity index (χ2v) is 8.84. The van der Waals surface area contributed by atoms with Crippen molar-refractivity contribution in [2.24, 2.45) is 5.73 Å². The fourth-order valence-corrected chi connectivity index (χ4v) is 5.35. The Morgan fingerprint density at radius 2 is 2.00 bits per heavy atom. The summed E-state index contributed by atoms with van der Waals surface area (Å²) in [6.45, 7) is 0.775. The van der Waals surface area contributed by atoms with E-state index in [4.69, 9.17) is 22.1 Å². The molecule has 1 aliphatic rings. The van der Waals surface area contributed by atoms with Crippen LogP contribution in [-0.2, 0) is 16.6 Å². The summed E-state index contributed by atoms with van der Waals surface area (Å²) < 4.78 is 34.2. The molecule has 146 valence electrons. The minimum absolute atomic E-state index is 0.129. The molecule has 2 aromatic carbocycles. The zero-order valence-corrected chi connectivity index (χ0v) is 16.4. The van der Waals surface area contributed by atoms with Crippen molar-refractivity contribution in [2.45, 2.75) is 17.9 Å². The lowest BCUT2D eigenvalue weighted by molar-refractivity contribution is 0.0993. The monoisotopic (exact) mass is 419 g/mol. The van der Waals surface area contributed by atoms with Gasteiger partial charge in [-0.25, -0.2) is 8.42 Å². The van der Waals surface area contributed by atoms with Crippen LogP contribution in [0.3, 0.4) is 0 Å². The average molecular weight is 420 g/mol. The van der Waals surface area contributed by atoms with Crippen LogP contribution in [-0.4, -0.2) is 36.8 Å². The van der Waals surface area contributed by atoms with Crippen LogP contribution in [0.25, 0.3) is 10.9 Å². The second-order valence-electron chi connectivity index (χ2n) is 6.53. The molecule has 0 atom stereocenters. The van der Waals surface area contributed by atoms with Crippen LogP contribution in [0, 0.1) is 0 Å². The minimum Gasteiger partial charge on any atom is -0.493 e. The average Bonchev–Trinajstić information content (AvgIpc) is 3.01. The number of primary amides is 1. The molecule has 0 fully saturated rings. The maximum atomic E-state index is 13.6. The zero-order valence-electron chi connectivity index (χ0n) is 14.8. The van der Waals surface area contributed by atoms with Crippen molar-refractivity contribution >= 4 is 38.4 Å². The first kappa shape index (κ1) is 18.8. The summed E-state index contributed by atoms with van der Waals surface area (Å²) >= 11 is 6.07. The third-order valence-corrected chi connectivity index (χ3v) is 6.85. The predicted molar refractivity (Wildman–Crippen MR) is 106 cm³/mol. The molecule has 1 aromatic heterocycles. The summed E-state index contributed by atoms with van der Waals surface area (Å²) in [5.41, 5.74) is 6.55. The fourth-order valence-electron chi connectivity index (χ4n) is 3.38. The molecule has 0 saturated carbocycles. The van der Waals surface area contributed by atoms with Gasteiger partial charge in [0.2, 0.25) is 10.0 Å². The zero-order chi connectivity index (χ0) is 19.9. The highest BCUT2D eigenvalue weighted by atomic mass is 35.5. The van der Waals surface area contributed by atoms with Crippen LogP contribution in [0.4, 0.5) is 0 Å². The highest BCUT2D eigenvalue weighted by Gasteiger charge is 2.33. The molecular formula is C19H18ClN3O4S. The van der Waals surface area contributed by atoms with Crippen LogP contribution < -0.4 is 10.5 Å². The van der Waals surface area contributed by atoms with E-state index < -0.39 is 15.9 Å². The maximum Gasteiger partial charge on any atom is 0.266 e. The number of ether oxygens (including phenoxy) is 1. The quantitative estimate of drug-likeness (QED) is 0.680. The largest absolute Gasteiger partial charge is 0.493 e. The minimum atomic E-state index is -4.03. The van der Waals surface area contributed by atoms with Crippen LogP contribution in [0.2, 0.25) is 5.02 Å². The summed E-state index contributed by atoms with van der Waals surface area (Å²) in [5, 5.41) is 0.707. The van der Waals surface area contributed by atoms with Gasteiger partial charge in [0.15, 0.2) is 0 Å². The van der Waals surface area contributed by atoms with E-state index in [0.717, 1.165) is 5.56 Å². The molecule has 3 aromatic rings. The second kappa shape index (κ2) is 7.12. The first-order chi connectivity index (χ1) is 13.4. The standard InChI is InChI=1S/C19H18ClN3O4S/c20-13-6-7-15-14(10-13)18(17(22-15)19(21)24)28(25,26)23-8-3-9-27-16-5-2-1-4-12(16)11-23/h1-2,4-7,10,22H,3,8-9,11H2,(H2,21,24). The lowest BCUT2D eigenvalue weighted by atomic mass is 10.2. The SMILES string of the molecule is NC(=O)c1[nH]c2ccc(Cl)cc2c1S(=O)(=O)N1CCCOc2ccccc2C1. The predicted octanol–water partition coefficient (Wildman–Crippen LogP) is 2.89. The van der Waals surface area contributed by atoms with E-state index >= 15 is 0 Å². The van der Waals surface area contributed by atoms with Gasteiger partial charge in [0, 0.05) is 34.6 Å². The van der Waals surface area contributed by atoms with E-state index in [0.29, 0.717) is 34.7 Å². The number of H-pyrrole nitrogens is 1. The molecule has 4 rings (SSSR count). The number of hydrogen-bond acceptors (Lipinski definition) is 4. The summed E-state index contributed by atoms with van der Waals surface area (Å²) in [6.07, 6.45) is 0.516. The van der Waals surface area contributed by atoms with E-state index in [-0.39, 0.29) is 23.7 Å². The lowest BCUT2D eigenvalue weighted by Gasteiger charge is -2.26. The van der Waals surface area contributed by atoms with Gasteiger partial charge in [-0.1, -0.05) is 29.8 Å². The highest BCUT2D eigenvalue weighted by Crippen LogP contribution is 2.33. The number of benzene rings is 2. The van der Waals surface area contributed by atoms with Crippen molar-refractivity contribution in [3.63, 3.8) is 0 Å². The van der Waals surface area contributed by atoms with Crippen LogP contribution in [0.15, 0.2) is 47.4 Å². The van der Waals surface area contributed by atoms with Gasteiger partial charge in [0.05, 0.1) is 6.61 Å². The molecule has 1 aliphatic heterocycles. The van der Waals surface area contributed by atoms with Crippen molar-refractivity contribution in [3.05, 3.63) is 58.7 Å². The number of nitrogens with zero attached hydrogens (tertiary/aromatic N) is 1. The Kier molecular flexibility index (Phi) is 4.78. The molecule has 9 heteroatoms. The van der Waals surface area contributed by atoms with Crippen molar-refractivity contribution in [2.75, 3.05) is 13.2 Å². The number of nitrogens with one attached hydrogen (secondary N) is 1. The Labute approximate surface area is 167 Å². The number of carbonyl (C=O) groups excluding carboxylic acids is 1. The number of carbonyl (C=O) groups is 1. The Morgan fingerprint density at radius 3 is 2.79 bits per heavy atom. The highest BCUT2D eigenvalue weighted by molar-refractivity contribution is 7.89. The van der Waals surface area contributed by atoms with Gasteiger partial charge in [-0.05, 0) is 30.7 Å². The first-order valence-corrected chi connectivity index (χ1v) is 10.5. The van der Waals surface area contributed by atoms with Crippen LogP contribution in [0.5, 0.6) is 5.75 Å². The van der Waals surface area contributed by atoms with Gasteiger partial charge in [-0.3, -0.25) is 4.79 Å². The fraction of sp³-hybridized carbons (Fsp3) is 0.211. The van der Waals surface area contributed by atoms with Gasteiger partial charge in [0.25, 0.3) is 5.91 Å². The molecule has 1 amide bonds. The number of fused-ring (bicyclic) bond motifs is 2. The third kappa shape index (κ3) is 3.23. The summed E-state index contributed by atoms with van der Waals surface area (Å²) in [4.78, 5) is 14.7. The van der Waals surface area contributed by atoms with E-state index in [1.54, 1.807) is 12.1 Å². The maximum absolute atomic E-state index is 13.6. The van der Waals surface area contributed by atoms with Crippen molar-refractivity contribution in [1.82, 2.24) is 9.29 Å². The van der Waals surface area contributed by atoms with Gasteiger partial charge < -0.3 is 15.5 Å². The van der Waals surface area contributed by atoms with E-state index in [1.807, 2.05) is 24.3 Å². The Hall–Kier alpha value is -2.55. The molecule has 2 heterocycles. The number of rotatable bonds is 3. The van der Waals surface area contributed by atoms with Gasteiger partial charge >= 0.3 is 0 Å². The Morgan fingerprint density at radius 1 is 1.21 bits per heavy atom. The molecule has 0 spiro atoms. The number of aromatic nitrogens is 1. The number of hydrogen-bond donors (Lipinski definition) is 2. The Balaban J connectivity index is 1.88. The number of sulfonamides is 1. The van der Waals surface area contributed by atoms with E-state index in [2.05, 4.69) is 4.98 Å². The van der Waals surface area contributed by atoms with Crippen molar-refractivity contribution in [3.8, 4) is 5.75 Å². The molecule has 0 radical (unpaired) electrons. The molecule has 7 nitrogen and oxygen atoms in total. The molecule has 0 bridgehead atoms. The summed E-state index contributed by atoms with van der Waals surface area (Å²) in [6, 6.07) is 12.1. The third-order valence-electron chi connectivity index (χ3n) is 4.69. The number of amides is 1. The lowest BCUT2D eigenvalue weighted by Crippen LogP contribution is -2.34. The first-order valence-electron chi connectivity index (χ1n) is 8.70. The number of halogens is 1. The van der Waals surface area contributed by atoms with E-state index in [1.165, 1.54) is 10.4 Å². The summed E-state index contributed by atoms with van der Waals surface area (Å²) in [5.74, 6) is -0.193. The van der Waals surface area contributed by atoms with Crippen LogP contribution >= 0.6 is 11.6 Å². The number of nitrogens with two attached hydrogens (primary N) is 1. The molecule has 0 unspecified atom stereocenters. The van der Waals surface area contributed by atoms with Gasteiger partial charge in [-0.2, -0.15) is 4.31 Å². The Bertz CT molecular complexity index is 1170. The van der Waals surface area contributed by atoms with E-state index in [9.17, 15) is 13.2 Å². The smallest absolute Gasteiger partial charge is 0.266 e. The molecular weight excluding hydrogens is 402 g/mol. The number of para-hydroxylation sites is 1. The van der Waals surface area contributed by atoms with Gasteiger partial charge in [0.1, 0.15) is 16.3 Å². The topological polar surface area (TPSA) is 105 Å². The molecule has 0 saturated heterocycles. The summed E-state index contributed by atoms with van der Waals surface area (Å²) in [7, 11) is -4.03. The normalized spacial score (nSPS) is 15.5. The molecule has 0 aliphatic carbocycles. The van der Waals surface area contributed by atoms with Gasteiger partial charge in [-0.15, -0.1) is 0 Å². The number of aromatic amines is 1. The van der Waals surface area contributed by atoms with Crippen LogP contribution in [0.1, 0.15) is 22.5 Å². The molecule has 28 heavy (non-hydrogen) atoms.